The van der Waals surface area contributed by atoms with Gasteiger partial charge in [-0.3, -0.25) is 9.59 Å². The minimum atomic E-state index is -1.01. The van der Waals surface area contributed by atoms with Crippen LogP contribution in [0.25, 0.3) is 0 Å². The molecule has 1 amide bonds. The standard InChI is InChI=1S/C19H23FN4O3S.CH2O2/c1-10-15(19(27)22-5-11-8-28-9-23-11)12-6-24(7-13(12)17(26)16(10)25)18-14(20)3-2-4-21-18;2-1-3/h2-4,8-10,12-13,15-17,25-26H,5-7H2,1H3,(H,22,27);1H,(H,2,3)/t10-,12+,13+,15+,16+,17+;/m1./s1. The molecule has 1 saturated carbocycles. The molecule has 1 aliphatic heterocycles. The molecule has 2 aromatic rings. The number of fused-ring (bicyclic) bond motifs is 1. The van der Waals surface area contributed by atoms with Gasteiger partial charge in [-0.15, -0.1) is 11.3 Å². The van der Waals surface area contributed by atoms with Crippen LogP contribution in [-0.2, 0) is 16.1 Å². The van der Waals surface area contributed by atoms with Crippen molar-refractivity contribution >= 4 is 29.5 Å². The van der Waals surface area contributed by atoms with Crippen LogP contribution in [0.4, 0.5) is 10.2 Å². The lowest BCUT2D eigenvalue weighted by atomic mass is 9.65. The molecule has 0 bridgehead atoms. The molecule has 4 N–H and O–H groups in total. The van der Waals surface area contributed by atoms with Crippen molar-refractivity contribution in [3.8, 4) is 0 Å². The molecule has 4 rings (SSSR count). The molecule has 11 heteroatoms. The van der Waals surface area contributed by atoms with Gasteiger partial charge in [-0.2, -0.15) is 0 Å². The molecule has 0 radical (unpaired) electrons. The Morgan fingerprint density at radius 1 is 1.32 bits per heavy atom. The normalized spacial score (nSPS) is 29.5. The number of carboxylic acid groups (broad SMARTS) is 1. The van der Waals surface area contributed by atoms with Gasteiger partial charge < -0.3 is 25.5 Å². The molecular weight excluding hydrogens is 427 g/mol. The van der Waals surface area contributed by atoms with E-state index in [1.54, 1.807) is 17.3 Å². The number of nitrogens with one attached hydrogen (secondary N) is 1. The molecule has 31 heavy (non-hydrogen) atoms. The van der Waals surface area contributed by atoms with Crippen LogP contribution in [0.2, 0.25) is 0 Å². The maximum atomic E-state index is 14.2. The summed E-state index contributed by atoms with van der Waals surface area (Å²) in [7, 11) is 0. The van der Waals surface area contributed by atoms with E-state index in [0.717, 1.165) is 5.69 Å². The zero-order valence-electron chi connectivity index (χ0n) is 16.8. The number of halogens is 1. The minimum Gasteiger partial charge on any atom is -0.483 e. The molecule has 3 heterocycles. The van der Waals surface area contributed by atoms with Gasteiger partial charge in [-0.1, -0.05) is 6.92 Å². The zero-order chi connectivity index (χ0) is 22.5. The lowest BCUT2D eigenvalue weighted by Gasteiger charge is -2.43. The zero-order valence-corrected chi connectivity index (χ0v) is 17.7. The number of amides is 1. The van der Waals surface area contributed by atoms with E-state index in [-0.39, 0.29) is 30.0 Å². The minimum absolute atomic E-state index is 0.176. The molecule has 2 fully saturated rings. The number of carbonyl (C=O) groups excluding carboxylic acids is 1. The van der Waals surface area contributed by atoms with Crippen molar-refractivity contribution in [1.82, 2.24) is 15.3 Å². The molecule has 2 aromatic heterocycles. The summed E-state index contributed by atoms with van der Waals surface area (Å²) in [6.07, 6.45) is -0.448. The molecule has 2 aliphatic rings. The van der Waals surface area contributed by atoms with Crippen LogP contribution < -0.4 is 10.2 Å². The summed E-state index contributed by atoms with van der Waals surface area (Å²) in [5, 5.41) is 32.8. The summed E-state index contributed by atoms with van der Waals surface area (Å²) >= 11 is 1.46. The SMILES string of the molecule is C[C@H]1[C@H](O)[C@@H](O)[C@H]2CN(c3ncccc3F)C[C@@H]2[C@H]1C(=O)NCc1cscn1.O=CO. The Hall–Kier alpha value is -2.63. The molecule has 0 unspecified atom stereocenters. The van der Waals surface area contributed by atoms with E-state index >= 15 is 0 Å². The molecule has 6 atom stereocenters. The summed E-state index contributed by atoms with van der Waals surface area (Å²) in [5.41, 5.74) is 2.49. The van der Waals surface area contributed by atoms with Crippen molar-refractivity contribution in [2.45, 2.75) is 25.7 Å². The van der Waals surface area contributed by atoms with E-state index in [2.05, 4.69) is 15.3 Å². The molecular formula is C20H25FN4O5S. The highest BCUT2D eigenvalue weighted by atomic mass is 32.1. The molecule has 9 nitrogen and oxygen atoms in total. The Bertz CT molecular complexity index is 886. The van der Waals surface area contributed by atoms with Gasteiger partial charge in [0.2, 0.25) is 5.91 Å². The van der Waals surface area contributed by atoms with E-state index in [4.69, 9.17) is 9.90 Å². The fraction of sp³-hybridized carbons (Fsp3) is 0.500. The van der Waals surface area contributed by atoms with E-state index in [9.17, 15) is 19.4 Å². The highest BCUT2D eigenvalue weighted by molar-refractivity contribution is 7.07. The van der Waals surface area contributed by atoms with E-state index < -0.39 is 29.9 Å². The van der Waals surface area contributed by atoms with Crippen LogP contribution in [0.5, 0.6) is 0 Å². The van der Waals surface area contributed by atoms with E-state index in [1.807, 2.05) is 5.38 Å². The molecule has 168 valence electrons. The van der Waals surface area contributed by atoms with Crippen molar-refractivity contribution in [1.29, 1.82) is 0 Å². The second kappa shape index (κ2) is 10.1. The number of nitrogens with zero attached hydrogens (tertiary/aromatic N) is 3. The number of thiazole rings is 1. The quantitative estimate of drug-likeness (QED) is 0.499. The topological polar surface area (TPSA) is 136 Å². The molecule has 1 saturated heterocycles. The van der Waals surface area contributed by atoms with Gasteiger partial charge in [-0.25, -0.2) is 14.4 Å². The maximum absolute atomic E-state index is 14.2. The second-order valence-corrected chi connectivity index (χ2v) is 8.43. The molecule has 1 aliphatic carbocycles. The highest BCUT2D eigenvalue weighted by Crippen LogP contribution is 2.44. The number of carbonyl (C=O) groups is 2. The van der Waals surface area contributed by atoms with Gasteiger partial charge in [0.25, 0.3) is 6.47 Å². The Morgan fingerprint density at radius 3 is 2.68 bits per heavy atom. The third kappa shape index (κ3) is 4.83. The first-order valence-electron chi connectivity index (χ1n) is 9.83. The number of anilines is 1. The predicted molar refractivity (Wildman–Crippen MR) is 111 cm³/mol. The van der Waals surface area contributed by atoms with Crippen molar-refractivity contribution in [2.75, 3.05) is 18.0 Å². The van der Waals surface area contributed by atoms with Crippen LogP contribution in [0.15, 0.2) is 29.2 Å². The predicted octanol–water partition coefficient (Wildman–Crippen LogP) is 0.734. The number of rotatable bonds is 4. The Balaban J connectivity index is 0.000000858. The fourth-order valence-corrected chi connectivity index (χ4v) is 5.16. The van der Waals surface area contributed by atoms with Gasteiger partial charge in [0.05, 0.1) is 30.0 Å². The van der Waals surface area contributed by atoms with Gasteiger partial charge >= 0.3 is 0 Å². The largest absolute Gasteiger partial charge is 0.483 e. The van der Waals surface area contributed by atoms with Gasteiger partial charge in [0, 0.05) is 36.5 Å². The van der Waals surface area contributed by atoms with Crippen molar-refractivity contribution in [3.05, 3.63) is 40.7 Å². The van der Waals surface area contributed by atoms with Gasteiger partial charge in [0.1, 0.15) is 0 Å². The first kappa shape index (κ1) is 23.0. The first-order valence-corrected chi connectivity index (χ1v) is 10.8. The number of hydrogen-bond donors (Lipinski definition) is 4. The smallest absolute Gasteiger partial charge is 0.290 e. The van der Waals surface area contributed by atoms with Crippen LogP contribution in [0.3, 0.4) is 0 Å². The lowest BCUT2D eigenvalue weighted by Crippen LogP contribution is -2.55. The summed E-state index contributed by atoms with van der Waals surface area (Å²) in [6, 6.07) is 2.87. The average Bonchev–Trinajstić information content (AvgIpc) is 3.42. The summed E-state index contributed by atoms with van der Waals surface area (Å²) in [5.74, 6) is -1.83. The second-order valence-electron chi connectivity index (χ2n) is 7.71. The number of aromatic nitrogens is 2. The average molecular weight is 453 g/mol. The van der Waals surface area contributed by atoms with Crippen molar-refractivity contribution in [3.63, 3.8) is 0 Å². The van der Waals surface area contributed by atoms with Gasteiger partial charge in [0.15, 0.2) is 11.6 Å². The van der Waals surface area contributed by atoms with Gasteiger partial charge in [-0.05, 0) is 24.0 Å². The van der Waals surface area contributed by atoms with Crippen LogP contribution in [0.1, 0.15) is 12.6 Å². The number of pyridine rings is 1. The van der Waals surface area contributed by atoms with Crippen LogP contribution in [-0.4, -0.2) is 63.0 Å². The number of aliphatic hydroxyl groups is 2. The molecule has 0 aromatic carbocycles. The fourth-order valence-electron chi connectivity index (χ4n) is 4.60. The highest BCUT2D eigenvalue weighted by Gasteiger charge is 2.54. The number of hydrogen-bond acceptors (Lipinski definition) is 8. The molecule has 0 spiro atoms. The van der Waals surface area contributed by atoms with E-state index in [0.29, 0.717) is 19.6 Å². The summed E-state index contributed by atoms with van der Waals surface area (Å²) in [4.78, 5) is 31.4. The Kier molecular flexibility index (Phi) is 7.52. The first-order chi connectivity index (χ1) is 14.9. The van der Waals surface area contributed by atoms with Crippen LogP contribution >= 0.6 is 11.3 Å². The lowest BCUT2D eigenvalue weighted by molar-refractivity contribution is -0.146. The van der Waals surface area contributed by atoms with Crippen molar-refractivity contribution in [2.24, 2.45) is 23.7 Å². The Labute approximate surface area is 182 Å². The van der Waals surface area contributed by atoms with Crippen molar-refractivity contribution < 1.29 is 29.3 Å². The Morgan fingerprint density at radius 2 is 2.03 bits per heavy atom. The van der Waals surface area contributed by atoms with Crippen LogP contribution in [0, 0.1) is 29.5 Å². The third-order valence-corrected chi connectivity index (χ3v) is 6.67. The third-order valence-electron chi connectivity index (χ3n) is 6.04. The van der Waals surface area contributed by atoms with E-state index in [1.165, 1.54) is 29.7 Å². The monoisotopic (exact) mass is 452 g/mol. The summed E-state index contributed by atoms with van der Waals surface area (Å²) in [6.45, 7) is 2.60. The maximum Gasteiger partial charge on any atom is 0.290 e. The number of aliphatic hydroxyl groups excluding tert-OH is 2. The summed E-state index contributed by atoms with van der Waals surface area (Å²) < 4.78 is 14.2.